The predicted molar refractivity (Wildman–Crippen MR) is 127 cm³/mol. The van der Waals surface area contributed by atoms with Gasteiger partial charge in [-0.15, -0.1) is 0 Å². The maximum atomic E-state index is 12.0. The van der Waals surface area contributed by atoms with Crippen LogP contribution in [0.5, 0.6) is 0 Å². The Kier molecular flexibility index (Phi) is 8.07. The monoisotopic (exact) mass is 457 g/mol. The van der Waals surface area contributed by atoms with Crippen molar-refractivity contribution >= 4 is 46.9 Å². The Morgan fingerprint density at radius 3 is 2.91 bits per heavy atom. The van der Waals surface area contributed by atoms with E-state index in [4.69, 9.17) is 22.7 Å². The van der Waals surface area contributed by atoms with Gasteiger partial charge in [0.15, 0.2) is 0 Å². The van der Waals surface area contributed by atoms with E-state index in [2.05, 4.69) is 35.7 Å². The van der Waals surface area contributed by atoms with E-state index < -0.39 is 5.91 Å². The number of anilines is 3. The van der Waals surface area contributed by atoms with Gasteiger partial charge in [-0.25, -0.2) is 4.98 Å². The Labute approximate surface area is 192 Å². The summed E-state index contributed by atoms with van der Waals surface area (Å²) >= 11 is 6.19. The zero-order chi connectivity index (χ0) is 23.1. The van der Waals surface area contributed by atoms with Crippen LogP contribution in [0.2, 0.25) is 5.02 Å². The highest BCUT2D eigenvalue weighted by atomic mass is 35.5. The summed E-state index contributed by atoms with van der Waals surface area (Å²) in [5.74, 6) is 0.174. The van der Waals surface area contributed by atoms with Crippen LogP contribution in [0.25, 0.3) is 0 Å². The highest BCUT2D eigenvalue weighted by Crippen LogP contribution is 2.31. The molecule has 1 saturated carbocycles. The van der Waals surface area contributed by atoms with Gasteiger partial charge >= 0.3 is 0 Å². The van der Waals surface area contributed by atoms with Crippen molar-refractivity contribution in [2.75, 3.05) is 30.9 Å². The molecule has 1 aromatic carbocycles. The van der Waals surface area contributed by atoms with Gasteiger partial charge in [-0.05, 0) is 38.1 Å². The van der Waals surface area contributed by atoms with Gasteiger partial charge in [0.2, 0.25) is 5.95 Å². The third kappa shape index (κ3) is 5.57. The summed E-state index contributed by atoms with van der Waals surface area (Å²) in [6.07, 6.45) is 7.06. The van der Waals surface area contributed by atoms with Crippen molar-refractivity contribution in [3.05, 3.63) is 35.0 Å². The minimum absolute atomic E-state index is 0.163. The van der Waals surface area contributed by atoms with Crippen LogP contribution >= 0.6 is 11.6 Å². The molecular formula is C21H28ClN9O. The third-order valence-electron chi connectivity index (χ3n) is 5.51. The summed E-state index contributed by atoms with van der Waals surface area (Å²) in [5.41, 5.74) is 6.78. The number of amides is 1. The molecule has 5 N–H and O–H groups in total. The van der Waals surface area contributed by atoms with Crippen LogP contribution in [0.4, 0.5) is 23.1 Å². The van der Waals surface area contributed by atoms with Crippen molar-refractivity contribution in [1.82, 2.24) is 15.3 Å². The van der Waals surface area contributed by atoms with E-state index in [9.17, 15) is 4.79 Å². The molecule has 1 fully saturated rings. The van der Waals surface area contributed by atoms with Crippen LogP contribution in [0, 0.1) is 5.41 Å². The number of aromatic nitrogens is 2. The van der Waals surface area contributed by atoms with Gasteiger partial charge in [-0.3, -0.25) is 4.79 Å². The Balaban J connectivity index is 1.91. The number of rotatable bonds is 9. The molecule has 1 aromatic heterocycles. The van der Waals surface area contributed by atoms with Gasteiger partial charge in [0.05, 0.1) is 11.6 Å². The fourth-order valence-electron chi connectivity index (χ4n) is 3.84. The van der Waals surface area contributed by atoms with E-state index in [-0.39, 0.29) is 18.2 Å². The number of nitrogens with zero attached hydrogens (tertiary/aromatic N) is 5. The van der Waals surface area contributed by atoms with E-state index in [0.717, 1.165) is 25.5 Å². The van der Waals surface area contributed by atoms with E-state index in [0.29, 0.717) is 34.2 Å². The number of azo groups is 1. The maximum Gasteiger partial charge on any atom is 0.254 e. The minimum Gasteiger partial charge on any atom is -0.365 e. The number of carbonyl (C=O) groups is 1. The fourth-order valence-corrected chi connectivity index (χ4v) is 3.99. The van der Waals surface area contributed by atoms with Gasteiger partial charge in [0.1, 0.15) is 17.1 Å². The van der Waals surface area contributed by atoms with E-state index in [1.807, 2.05) is 14.1 Å². The lowest BCUT2D eigenvalue weighted by atomic mass is 9.89. The molecule has 0 bridgehead atoms. The first-order valence-corrected chi connectivity index (χ1v) is 10.8. The summed E-state index contributed by atoms with van der Waals surface area (Å²) in [7, 11) is 3.94. The lowest BCUT2D eigenvalue weighted by molar-refractivity contribution is 0.100. The summed E-state index contributed by atoms with van der Waals surface area (Å²) in [4.78, 5) is 23.1. The molecule has 170 valence electrons. The quantitative estimate of drug-likeness (QED) is 0.334. The van der Waals surface area contributed by atoms with Crippen molar-refractivity contribution in [2.24, 2.45) is 16.0 Å². The van der Waals surface area contributed by atoms with Crippen molar-refractivity contribution in [3.8, 4) is 0 Å². The molecule has 1 aliphatic rings. The summed E-state index contributed by atoms with van der Waals surface area (Å²) in [6.45, 7) is 0.163. The lowest BCUT2D eigenvalue weighted by Gasteiger charge is -2.38. The molecule has 1 amide bonds. The van der Waals surface area contributed by atoms with Crippen molar-refractivity contribution in [2.45, 2.75) is 37.8 Å². The molecule has 2 unspecified atom stereocenters. The predicted octanol–water partition coefficient (Wildman–Crippen LogP) is 3.67. The number of benzene rings is 1. The molecule has 3 rings (SSSR count). The van der Waals surface area contributed by atoms with Crippen LogP contribution in [0.15, 0.2) is 34.6 Å². The van der Waals surface area contributed by atoms with Crippen LogP contribution in [0.1, 0.15) is 36.0 Å². The van der Waals surface area contributed by atoms with Gasteiger partial charge in [0.25, 0.3) is 5.91 Å². The SMILES string of the molecule is CNC1CCCCC1N(C)c1ncc(C(N)=O)c(Nc2ccc(Cl)c(N=NCC=N)c2)n1. The van der Waals surface area contributed by atoms with Crippen LogP contribution < -0.4 is 21.3 Å². The fraction of sp³-hybridized carbons (Fsp3) is 0.429. The lowest BCUT2D eigenvalue weighted by Crippen LogP contribution is -2.50. The van der Waals surface area contributed by atoms with Gasteiger partial charge in [-0.2, -0.15) is 15.2 Å². The number of hydrogen-bond acceptors (Lipinski definition) is 9. The molecule has 1 aliphatic carbocycles. The summed E-state index contributed by atoms with van der Waals surface area (Å²) in [5, 5.41) is 21.9. The van der Waals surface area contributed by atoms with Crippen LogP contribution in [0.3, 0.4) is 0 Å². The summed E-state index contributed by atoms with van der Waals surface area (Å²) < 4.78 is 0. The number of primary amides is 1. The molecule has 11 heteroatoms. The normalized spacial score (nSPS) is 18.5. The first-order valence-electron chi connectivity index (χ1n) is 10.4. The molecule has 1 heterocycles. The smallest absolute Gasteiger partial charge is 0.254 e. The van der Waals surface area contributed by atoms with Crippen LogP contribution in [-0.2, 0) is 0 Å². The molecule has 10 nitrogen and oxygen atoms in total. The second kappa shape index (κ2) is 11.0. The zero-order valence-corrected chi connectivity index (χ0v) is 18.9. The van der Waals surface area contributed by atoms with E-state index >= 15 is 0 Å². The number of likely N-dealkylation sites (N-methyl/N-ethyl adjacent to an activating group) is 2. The number of carbonyl (C=O) groups excluding carboxylic acids is 1. The van der Waals surface area contributed by atoms with Gasteiger partial charge in [0, 0.05) is 37.2 Å². The number of nitrogens with one attached hydrogen (secondary N) is 3. The Hall–Kier alpha value is -3.11. The molecule has 0 saturated heterocycles. The highest BCUT2D eigenvalue weighted by Gasteiger charge is 2.29. The molecular weight excluding hydrogens is 430 g/mol. The van der Waals surface area contributed by atoms with Gasteiger partial charge < -0.3 is 26.7 Å². The first-order chi connectivity index (χ1) is 15.4. The third-order valence-corrected chi connectivity index (χ3v) is 5.83. The van der Waals surface area contributed by atoms with Crippen molar-refractivity contribution in [3.63, 3.8) is 0 Å². The van der Waals surface area contributed by atoms with E-state index in [1.165, 1.54) is 12.6 Å². The van der Waals surface area contributed by atoms with Crippen molar-refractivity contribution < 1.29 is 4.79 Å². The first kappa shape index (κ1) is 23.6. The van der Waals surface area contributed by atoms with Gasteiger partial charge in [-0.1, -0.05) is 24.4 Å². The number of nitrogens with two attached hydrogens (primary N) is 1. The average molecular weight is 458 g/mol. The number of halogens is 1. The zero-order valence-electron chi connectivity index (χ0n) is 18.2. The van der Waals surface area contributed by atoms with E-state index in [1.54, 1.807) is 18.2 Å². The molecule has 2 aromatic rings. The molecule has 0 spiro atoms. The maximum absolute atomic E-state index is 12.0. The Morgan fingerprint density at radius 1 is 1.41 bits per heavy atom. The Morgan fingerprint density at radius 2 is 2.19 bits per heavy atom. The van der Waals surface area contributed by atoms with Crippen LogP contribution in [-0.4, -0.2) is 54.8 Å². The molecule has 32 heavy (non-hydrogen) atoms. The topological polar surface area (TPSA) is 145 Å². The summed E-state index contributed by atoms with van der Waals surface area (Å²) in [6, 6.07) is 5.68. The number of hydrogen-bond donors (Lipinski definition) is 4. The average Bonchev–Trinajstić information content (AvgIpc) is 2.80. The minimum atomic E-state index is -0.632. The highest BCUT2D eigenvalue weighted by molar-refractivity contribution is 6.33. The molecule has 2 atom stereocenters. The Bertz CT molecular complexity index is 997. The second-order valence-corrected chi connectivity index (χ2v) is 7.98. The second-order valence-electron chi connectivity index (χ2n) is 7.57. The standard InChI is InChI=1S/C21H28ClN9O/c1-25-16-5-3-4-6-18(16)31(2)21-26-12-14(19(24)32)20(29-21)28-13-7-8-15(22)17(11-13)30-27-10-9-23/h7-9,11-12,16,18,23,25H,3-6,10H2,1-2H3,(H2,24,32)(H,26,28,29). The largest absolute Gasteiger partial charge is 0.365 e. The van der Waals surface area contributed by atoms with Crippen molar-refractivity contribution in [1.29, 1.82) is 5.41 Å². The molecule has 0 aliphatic heterocycles. The molecule has 0 radical (unpaired) electrons.